The third-order valence-corrected chi connectivity index (χ3v) is 4.20. The number of hydrogen-bond donors (Lipinski definition) is 2. The van der Waals surface area contributed by atoms with E-state index in [2.05, 4.69) is 20.6 Å². The third kappa shape index (κ3) is 5.01. The highest BCUT2D eigenvalue weighted by molar-refractivity contribution is 5.93. The Morgan fingerprint density at radius 3 is 2.48 bits per heavy atom. The highest BCUT2D eigenvalue weighted by atomic mass is 16.5. The molecule has 0 spiro atoms. The maximum Gasteiger partial charge on any atom is 0.270 e. The van der Waals surface area contributed by atoms with E-state index in [0.717, 1.165) is 12.0 Å². The van der Waals surface area contributed by atoms with Gasteiger partial charge in [0.25, 0.3) is 5.91 Å². The monoisotopic (exact) mass is 392 g/mol. The molecule has 29 heavy (non-hydrogen) atoms. The number of methoxy groups -OCH3 is 2. The van der Waals surface area contributed by atoms with Crippen LogP contribution in [0.25, 0.3) is 11.4 Å². The number of carbonyl (C=O) groups excluding carboxylic acids is 1. The van der Waals surface area contributed by atoms with Crippen molar-refractivity contribution in [2.75, 3.05) is 26.1 Å². The van der Waals surface area contributed by atoms with Crippen LogP contribution in [0.3, 0.4) is 0 Å². The topological polar surface area (TPSA) is 85.4 Å². The first-order valence-corrected chi connectivity index (χ1v) is 9.36. The van der Waals surface area contributed by atoms with Crippen molar-refractivity contribution in [2.45, 2.75) is 13.3 Å². The van der Waals surface area contributed by atoms with Crippen molar-refractivity contribution in [2.24, 2.45) is 0 Å². The van der Waals surface area contributed by atoms with Gasteiger partial charge in [-0.15, -0.1) is 0 Å². The normalized spacial score (nSPS) is 10.3. The molecule has 2 aromatic carbocycles. The lowest BCUT2D eigenvalue weighted by atomic mass is 10.2. The summed E-state index contributed by atoms with van der Waals surface area (Å²) in [6.45, 7) is 2.58. The zero-order valence-corrected chi connectivity index (χ0v) is 16.7. The van der Waals surface area contributed by atoms with E-state index < -0.39 is 0 Å². The smallest absolute Gasteiger partial charge is 0.270 e. The van der Waals surface area contributed by atoms with Gasteiger partial charge < -0.3 is 20.1 Å². The molecule has 1 heterocycles. The Hall–Kier alpha value is -3.61. The standard InChI is InChI=1S/C22H24N4O3/c1-4-12-23-22(27)18-14-20(26-21(25-18)15-8-6-5-7-9-15)24-17-11-10-16(28-2)13-19(17)29-3/h5-11,13-14H,4,12H2,1-3H3,(H,23,27)(H,24,25,26). The second-order valence-electron chi connectivity index (χ2n) is 6.28. The summed E-state index contributed by atoms with van der Waals surface area (Å²) >= 11 is 0. The van der Waals surface area contributed by atoms with Crippen LogP contribution in [0.15, 0.2) is 54.6 Å². The zero-order chi connectivity index (χ0) is 20.6. The maximum atomic E-state index is 12.5. The fourth-order valence-corrected chi connectivity index (χ4v) is 2.71. The molecule has 0 bridgehead atoms. The van der Waals surface area contributed by atoms with Crippen LogP contribution >= 0.6 is 0 Å². The van der Waals surface area contributed by atoms with Gasteiger partial charge in [0.15, 0.2) is 5.82 Å². The van der Waals surface area contributed by atoms with Crippen molar-refractivity contribution in [3.8, 4) is 22.9 Å². The molecule has 150 valence electrons. The van der Waals surface area contributed by atoms with E-state index in [1.807, 2.05) is 49.4 Å². The molecule has 0 atom stereocenters. The molecular formula is C22H24N4O3. The summed E-state index contributed by atoms with van der Waals surface area (Å²) < 4.78 is 10.7. The van der Waals surface area contributed by atoms with Gasteiger partial charge in [-0.3, -0.25) is 4.79 Å². The lowest BCUT2D eigenvalue weighted by Crippen LogP contribution is -2.25. The Labute approximate surface area is 170 Å². The number of nitrogens with one attached hydrogen (secondary N) is 2. The molecular weight excluding hydrogens is 368 g/mol. The van der Waals surface area contributed by atoms with Gasteiger partial charge in [-0.1, -0.05) is 37.3 Å². The Bertz CT molecular complexity index is 977. The number of benzene rings is 2. The molecule has 7 heteroatoms. The molecule has 3 aromatic rings. The lowest BCUT2D eigenvalue weighted by Gasteiger charge is -2.14. The quantitative estimate of drug-likeness (QED) is 0.602. The molecule has 7 nitrogen and oxygen atoms in total. The number of ether oxygens (including phenoxy) is 2. The van der Waals surface area contributed by atoms with Crippen LogP contribution in [0.5, 0.6) is 11.5 Å². The minimum atomic E-state index is -0.240. The van der Waals surface area contributed by atoms with Gasteiger partial charge in [-0.2, -0.15) is 0 Å². The van der Waals surface area contributed by atoms with Crippen molar-refractivity contribution < 1.29 is 14.3 Å². The van der Waals surface area contributed by atoms with Crippen molar-refractivity contribution in [3.05, 3.63) is 60.3 Å². The fraction of sp³-hybridized carbons (Fsp3) is 0.227. The van der Waals surface area contributed by atoms with E-state index >= 15 is 0 Å². The first-order chi connectivity index (χ1) is 14.1. The highest BCUT2D eigenvalue weighted by Crippen LogP contribution is 2.31. The van der Waals surface area contributed by atoms with Crippen molar-refractivity contribution >= 4 is 17.4 Å². The molecule has 0 aliphatic rings. The Balaban J connectivity index is 2.00. The number of carbonyl (C=O) groups is 1. The number of rotatable bonds is 8. The van der Waals surface area contributed by atoms with Gasteiger partial charge in [0.2, 0.25) is 0 Å². The Morgan fingerprint density at radius 1 is 1.00 bits per heavy atom. The van der Waals surface area contributed by atoms with Crippen LogP contribution in [0.1, 0.15) is 23.8 Å². The molecule has 0 saturated heterocycles. The SMILES string of the molecule is CCCNC(=O)c1cc(Nc2ccc(OC)cc2OC)nc(-c2ccccc2)n1. The molecule has 0 radical (unpaired) electrons. The summed E-state index contributed by atoms with van der Waals surface area (Å²) in [5.41, 5.74) is 1.82. The Kier molecular flexibility index (Phi) is 6.63. The second-order valence-corrected chi connectivity index (χ2v) is 6.28. The van der Waals surface area contributed by atoms with Crippen molar-refractivity contribution in [1.82, 2.24) is 15.3 Å². The third-order valence-electron chi connectivity index (χ3n) is 4.20. The number of nitrogens with zero attached hydrogens (tertiary/aromatic N) is 2. The van der Waals surface area contributed by atoms with E-state index in [-0.39, 0.29) is 5.91 Å². The minimum absolute atomic E-state index is 0.240. The van der Waals surface area contributed by atoms with E-state index in [9.17, 15) is 4.79 Å². The molecule has 1 aromatic heterocycles. The molecule has 1 amide bonds. The molecule has 2 N–H and O–H groups in total. The summed E-state index contributed by atoms with van der Waals surface area (Å²) in [6.07, 6.45) is 0.844. The average molecular weight is 392 g/mol. The van der Waals surface area contributed by atoms with Gasteiger partial charge in [-0.05, 0) is 18.6 Å². The maximum absolute atomic E-state index is 12.5. The molecule has 0 unspecified atom stereocenters. The Morgan fingerprint density at radius 2 is 1.79 bits per heavy atom. The molecule has 0 fully saturated rings. The first kappa shape index (κ1) is 20.1. The van der Waals surface area contributed by atoms with E-state index in [4.69, 9.17) is 9.47 Å². The summed E-state index contributed by atoms with van der Waals surface area (Å²) in [6, 6.07) is 16.6. The number of anilines is 2. The summed E-state index contributed by atoms with van der Waals surface area (Å²) in [5, 5.41) is 6.08. The van der Waals surface area contributed by atoms with Gasteiger partial charge in [-0.25, -0.2) is 9.97 Å². The summed E-state index contributed by atoms with van der Waals surface area (Å²) in [7, 11) is 3.18. The second kappa shape index (κ2) is 9.54. The predicted molar refractivity (Wildman–Crippen MR) is 113 cm³/mol. The zero-order valence-electron chi connectivity index (χ0n) is 16.7. The van der Waals surface area contributed by atoms with Crippen LogP contribution in [0, 0.1) is 0 Å². The van der Waals surface area contributed by atoms with Crippen LogP contribution in [0.2, 0.25) is 0 Å². The lowest BCUT2D eigenvalue weighted by molar-refractivity contribution is 0.0948. The van der Waals surface area contributed by atoms with E-state index in [1.165, 1.54) is 0 Å². The van der Waals surface area contributed by atoms with Crippen LogP contribution < -0.4 is 20.1 Å². The number of aromatic nitrogens is 2. The van der Waals surface area contributed by atoms with Gasteiger partial charge in [0.05, 0.1) is 19.9 Å². The summed E-state index contributed by atoms with van der Waals surface area (Å²) in [5.74, 6) is 1.99. The number of hydrogen-bond acceptors (Lipinski definition) is 6. The van der Waals surface area contributed by atoms with Crippen LogP contribution in [-0.2, 0) is 0 Å². The minimum Gasteiger partial charge on any atom is -0.497 e. The molecule has 0 saturated carbocycles. The molecule has 0 aliphatic carbocycles. The van der Waals surface area contributed by atoms with Gasteiger partial charge in [0.1, 0.15) is 23.0 Å². The first-order valence-electron chi connectivity index (χ1n) is 9.36. The van der Waals surface area contributed by atoms with Crippen LogP contribution in [-0.4, -0.2) is 36.6 Å². The molecule has 0 aliphatic heterocycles. The fourth-order valence-electron chi connectivity index (χ4n) is 2.71. The number of amides is 1. The van der Waals surface area contributed by atoms with Gasteiger partial charge >= 0.3 is 0 Å². The largest absolute Gasteiger partial charge is 0.497 e. The highest BCUT2D eigenvalue weighted by Gasteiger charge is 2.14. The van der Waals surface area contributed by atoms with Gasteiger partial charge in [0, 0.05) is 24.2 Å². The van der Waals surface area contributed by atoms with E-state index in [1.54, 1.807) is 26.4 Å². The predicted octanol–water partition coefficient (Wildman–Crippen LogP) is 4.04. The average Bonchev–Trinajstić information content (AvgIpc) is 2.78. The van der Waals surface area contributed by atoms with Crippen LogP contribution in [0.4, 0.5) is 11.5 Å². The van der Waals surface area contributed by atoms with E-state index in [0.29, 0.717) is 41.1 Å². The summed E-state index contributed by atoms with van der Waals surface area (Å²) in [4.78, 5) is 21.6. The van der Waals surface area contributed by atoms with Crippen molar-refractivity contribution in [1.29, 1.82) is 0 Å². The van der Waals surface area contributed by atoms with Crippen molar-refractivity contribution in [3.63, 3.8) is 0 Å². The molecule has 3 rings (SSSR count).